The van der Waals surface area contributed by atoms with Gasteiger partial charge < -0.3 is 15.3 Å². The van der Waals surface area contributed by atoms with Crippen LogP contribution in [0.3, 0.4) is 0 Å². The van der Waals surface area contributed by atoms with Crippen molar-refractivity contribution >= 4 is 0 Å². The van der Waals surface area contributed by atoms with Crippen molar-refractivity contribution in [3.63, 3.8) is 0 Å². The molecule has 0 saturated heterocycles. The predicted octanol–water partition coefficient (Wildman–Crippen LogP) is 2.25. The summed E-state index contributed by atoms with van der Waals surface area (Å²) in [5.74, 6) is 0.888. The van der Waals surface area contributed by atoms with Gasteiger partial charge in [0.25, 0.3) is 0 Å². The molecular weight excluding hydrogens is 224 g/mol. The molecule has 18 heavy (non-hydrogen) atoms. The first-order valence-electron chi connectivity index (χ1n) is 7.62. The Morgan fingerprint density at radius 3 is 2.67 bits per heavy atom. The highest BCUT2D eigenvalue weighted by Crippen LogP contribution is 2.32. The van der Waals surface area contributed by atoms with Gasteiger partial charge in [0.15, 0.2) is 0 Å². The SMILES string of the molecule is CCCC1CCCC(CO)(NCCN(C)C)CC1. The summed E-state index contributed by atoms with van der Waals surface area (Å²) in [4.78, 5) is 2.19. The Balaban J connectivity index is 2.43. The maximum absolute atomic E-state index is 9.77. The van der Waals surface area contributed by atoms with Crippen LogP contribution in [0.5, 0.6) is 0 Å². The minimum absolute atomic E-state index is 0.00149. The maximum atomic E-state index is 9.77. The summed E-state index contributed by atoms with van der Waals surface area (Å²) in [5, 5.41) is 13.4. The van der Waals surface area contributed by atoms with E-state index in [1.54, 1.807) is 0 Å². The van der Waals surface area contributed by atoms with Gasteiger partial charge in [-0.3, -0.25) is 0 Å². The summed E-state index contributed by atoms with van der Waals surface area (Å²) < 4.78 is 0. The average molecular weight is 256 g/mol. The van der Waals surface area contributed by atoms with Crippen LogP contribution in [0, 0.1) is 5.92 Å². The van der Waals surface area contributed by atoms with E-state index in [1.807, 2.05) is 0 Å². The van der Waals surface area contributed by atoms with Gasteiger partial charge in [0.2, 0.25) is 0 Å². The van der Waals surface area contributed by atoms with Crippen molar-refractivity contribution in [3.05, 3.63) is 0 Å². The van der Waals surface area contributed by atoms with Crippen LogP contribution in [0.4, 0.5) is 0 Å². The van der Waals surface area contributed by atoms with Gasteiger partial charge in [-0.15, -0.1) is 0 Å². The van der Waals surface area contributed by atoms with Crippen molar-refractivity contribution in [1.82, 2.24) is 10.2 Å². The van der Waals surface area contributed by atoms with Gasteiger partial charge in [-0.1, -0.05) is 32.6 Å². The van der Waals surface area contributed by atoms with Crippen LogP contribution in [-0.4, -0.2) is 49.3 Å². The zero-order chi connectivity index (χ0) is 13.4. The summed E-state index contributed by atoms with van der Waals surface area (Å²) in [6.07, 6.45) is 8.83. The van der Waals surface area contributed by atoms with Gasteiger partial charge >= 0.3 is 0 Å². The van der Waals surface area contributed by atoms with Crippen LogP contribution in [-0.2, 0) is 0 Å². The second kappa shape index (κ2) is 8.13. The third-order valence-corrected chi connectivity index (χ3v) is 4.36. The number of hydrogen-bond acceptors (Lipinski definition) is 3. The normalized spacial score (nSPS) is 29.5. The number of nitrogens with zero attached hydrogens (tertiary/aromatic N) is 1. The molecule has 1 saturated carbocycles. The fourth-order valence-electron chi connectivity index (χ4n) is 3.11. The summed E-state index contributed by atoms with van der Waals surface area (Å²) in [6, 6.07) is 0. The number of hydrogen-bond donors (Lipinski definition) is 2. The smallest absolute Gasteiger partial charge is 0.0613 e. The van der Waals surface area contributed by atoms with E-state index in [1.165, 1.54) is 32.1 Å². The molecule has 0 aromatic heterocycles. The van der Waals surface area contributed by atoms with E-state index < -0.39 is 0 Å². The summed E-state index contributed by atoms with van der Waals surface area (Å²) in [6.45, 7) is 4.59. The molecule has 3 heteroatoms. The van der Waals surface area contributed by atoms with Crippen molar-refractivity contribution < 1.29 is 5.11 Å². The Labute approximate surface area is 113 Å². The fourth-order valence-corrected chi connectivity index (χ4v) is 3.11. The van der Waals surface area contributed by atoms with Gasteiger partial charge in [-0.25, -0.2) is 0 Å². The van der Waals surface area contributed by atoms with Crippen molar-refractivity contribution in [2.75, 3.05) is 33.8 Å². The Morgan fingerprint density at radius 1 is 1.28 bits per heavy atom. The molecule has 0 aliphatic heterocycles. The topological polar surface area (TPSA) is 35.5 Å². The van der Waals surface area contributed by atoms with Crippen LogP contribution >= 0.6 is 0 Å². The molecule has 0 radical (unpaired) electrons. The van der Waals surface area contributed by atoms with Crippen LogP contribution in [0.1, 0.15) is 51.9 Å². The molecule has 2 atom stereocenters. The second-order valence-electron chi connectivity index (χ2n) is 6.25. The first-order chi connectivity index (χ1) is 8.62. The molecule has 0 bridgehead atoms. The molecular formula is C15H32N2O. The molecule has 0 aromatic carbocycles. The van der Waals surface area contributed by atoms with Crippen LogP contribution < -0.4 is 5.32 Å². The molecule has 1 aliphatic carbocycles. The molecule has 108 valence electrons. The van der Waals surface area contributed by atoms with E-state index in [4.69, 9.17) is 0 Å². The average Bonchev–Trinajstić information content (AvgIpc) is 2.53. The number of aliphatic hydroxyl groups excluding tert-OH is 1. The fraction of sp³-hybridized carbons (Fsp3) is 1.00. The summed E-state index contributed by atoms with van der Waals surface area (Å²) in [7, 11) is 4.19. The van der Waals surface area contributed by atoms with Crippen molar-refractivity contribution in [1.29, 1.82) is 0 Å². The molecule has 1 fully saturated rings. The van der Waals surface area contributed by atoms with E-state index in [-0.39, 0.29) is 5.54 Å². The highest BCUT2D eigenvalue weighted by Gasteiger charge is 2.31. The number of nitrogens with one attached hydrogen (secondary N) is 1. The Morgan fingerprint density at radius 2 is 2.06 bits per heavy atom. The summed E-state index contributed by atoms with van der Waals surface area (Å²) >= 11 is 0. The quantitative estimate of drug-likeness (QED) is 0.686. The largest absolute Gasteiger partial charge is 0.394 e. The van der Waals surface area contributed by atoms with Crippen LogP contribution in [0.2, 0.25) is 0 Å². The zero-order valence-corrected chi connectivity index (χ0v) is 12.5. The van der Waals surface area contributed by atoms with Crippen molar-refractivity contribution in [3.8, 4) is 0 Å². The van der Waals surface area contributed by atoms with E-state index >= 15 is 0 Å². The maximum Gasteiger partial charge on any atom is 0.0613 e. The molecule has 2 unspecified atom stereocenters. The Hall–Kier alpha value is -0.120. The van der Waals surface area contributed by atoms with Gasteiger partial charge in [0.05, 0.1) is 6.61 Å². The number of likely N-dealkylation sites (N-methyl/N-ethyl adjacent to an activating group) is 1. The van der Waals surface area contributed by atoms with Gasteiger partial charge in [-0.05, 0) is 39.3 Å². The monoisotopic (exact) mass is 256 g/mol. The highest BCUT2D eigenvalue weighted by atomic mass is 16.3. The first-order valence-corrected chi connectivity index (χ1v) is 7.62. The van der Waals surface area contributed by atoms with Gasteiger partial charge in [0, 0.05) is 18.6 Å². The molecule has 3 nitrogen and oxygen atoms in total. The lowest BCUT2D eigenvalue weighted by Gasteiger charge is -2.33. The van der Waals surface area contributed by atoms with E-state index in [0.29, 0.717) is 6.61 Å². The molecule has 0 amide bonds. The second-order valence-corrected chi connectivity index (χ2v) is 6.25. The van der Waals surface area contributed by atoms with Crippen molar-refractivity contribution in [2.24, 2.45) is 5.92 Å². The molecule has 2 N–H and O–H groups in total. The first kappa shape index (κ1) is 15.9. The van der Waals surface area contributed by atoms with E-state index in [2.05, 4.69) is 31.2 Å². The molecule has 1 aliphatic rings. The van der Waals surface area contributed by atoms with Crippen LogP contribution in [0.25, 0.3) is 0 Å². The van der Waals surface area contributed by atoms with E-state index in [0.717, 1.165) is 31.8 Å². The van der Waals surface area contributed by atoms with Gasteiger partial charge in [-0.2, -0.15) is 0 Å². The lowest BCUT2D eigenvalue weighted by Crippen LogP contribution is -2.50. The molecule has 0 aromatic rings. The third kappa shape index (κ3) is 5.25. The van der Waals surface area contributed by atoms with Gasteiger partial charge in [0.1, 0.15) is 0 Å². The highest BCUT2D eigenvalue weighted by molar-refractivity contribution is 4.90. The predicted molar refractivity (Wildman–Crippen MR) is 77.9 cm³/mol. The zero-order valence-electron chi connectivity index (χ0n) is 12.5. The molecule has 1 rings (SSSR count). The Bertz CT molecular complexity index is 221. The number of aliphatic hydroxyl groups is 1. The number of rotatable bonds is 7. The lowest BCUT2D eigenvalue weighted by molar-refractivity contribution is 0.140. The minimum atomic E-state index is -0.00149. The minimum Gasteiger partial charge on any atom is -0.394 e. The molecule has 0 spiro atoms. The molecule has 0 heterocycles. The Kier molecular flexibility index (Phi) is 7.20. The van der Waals surface area contributed by atoms with E-state index in [9.17, 15) is 5.11 Å². The van der Waals surface area contributed by atoms with Crippen molar-refractivity contribution in [2.45, 2.75) is 57.4 Å². The summed E-state index contributed by atoms with van der Waals surface area (Å²) in [5.41, 5.74) is -0.00149. The lowest BCUT2D eigenvalue weighted by atomic mass is 9.89. The van der Waals surface area contributed by atoms with Crippen LogP contribution in [0.15, 0.2) is 0 Å². The third-order valence-electron chi connectivity index (χ3n) is 4.36. The standard InChI is InChI=1S/C15H32N2O/c1-4-6-14-7-5-9-15(13-18,10-8-14)16-11-12-17(2)3/h14,16,18H,4-13H2,1-3H3.